The highest BCUT2D eigenvalue weighted by Crippen LogP contribution is 2.40. The first-order chi connectivity index (χ1) is 13.2. The summed E-state index contributed by atoms with van der Waals surface area (Å²) < 4.78 is 10.8. The van der Waals surface area contributed by atoms with Crippen LogP contribution in [0.2, 0.25) is 0 Å². The molecule has 0 bridgehead atoms. The molecule has 0 unspecified atom stereocenters. The van der Waals surface area contributed by atoms with Crippen LogP contribution in [-0.2, 0) is 0 Å². The van der Waals surface area contributed by atoms with Crippen molar-refractivity contribution in [1.29, 1.82) is 0 Å². The number of fused-ring (bicyclic) bond motifs is 1. The van der Waals surface area contributed by atoms with Crippen molar-refractivity contribution >= 4 is 17.3 Å². The first-order valence-electron chi connectivity index (χ1n) is 9.68. The third-order valence-electron chi connectivity index (χ3n) is 5.25. The van der Waals surface area contributed by atoms with Gasteiger partial charge in [0.1, 0.15) is 5.75 Å². The summed E-state index contributed by atoms with van der Waals surface area (Å²) in [6.07, 6.45) is 10.1. The lowest BCUT2D eigenvalue weighted by molar-refractivity contribution is 0.0989. The number of ether oxygens (including phenoxy) is 2. The van der Waals surface area contributed by atoms with E-state index in [0.717, 1.165) is 19.5 Å². The number of nitrogens with one attached hydrogen (secondary N) is 2. The molecule has 0 atom stereocenters. The Kier molecular flexibility index (Phi) is 6.50. The fraction of sp³-hybridized carbons (Fsp3) is 0.524. The molecule has 6 heteroatoms. The van der Waals surface area contributed by atoms with E-state index in [1.165, 1.54) is 58.5 Å². The first-order valence-corrected chi connectivity index (χ1v) is 9.68. The standard InChI is InChI=1S/C21H28N2O4/c1-26-18-13-15(23-12-6-11-22-14-7-4-3-5-8-14)21(27-2)20-17(25)10-9-16(24)19(18)20/h9-10,13-14,22-23H,3-8,11-12H2,1-2H3. The molecule has 2 aliphatic rings. The van der Waals surface area contributed by atoms with Crippen LogP contribution in [0.4, 0.5) is 5.69 Å². The molecule has 2 aliphatic carbocycles. The van der Waals surface area contributed by atoms with E-state index in [-0.39, 0.29) is 22.7 Å². The predicted molar refractivity (Wildman–Crippen MR) is 105 cm³/mol. The highest BCUT2D eigenvalue weighted by atomic mass is 16.5. The molecular formula is C21H28N2O4. The van der Waals surface area contributed by atoms with Crippen molar-refractivity contribution in [1.82, 2.24) is 5.32 Å². The molecule has 0 aliphatic heterocycles. The average molecular weight is 372 g/mol. The summed E-state index contributed by atoms with van der Waals surface area (Å²) >= 11 is 0. The maximum Gasteiger partial charge on any atom is 0.190 e. The topological polar surface area (TPSA) is 76.7 Å². The minimum Gasteiger partial charge on any atom is -0.496 e. The summed E-state index contributed by atoms with van der Waals surface area (Å²) in [6.45, 7) is 1.68. The van der Waals surface area contributed by atoms with E-state index >= 15 is 0 Å². The molecule has 1 aromatic rings. The molecule has 6 nitrogen and oxygen atoms in total. The van der Waals surface area contributed by atoms with Gasteiger partial charge in [0.2, 0.25) is 0 Å². The van der Waals surface area contributed by atoms with Crippen LogP contribution in [0.1, 0.15) is 59.2 Å². The third-order valence-corrected chi connectivity index (χ3v) is 5.25. The number of allylic oxidation sites excluding steroid dienone is 2. The normalized spacial score (nSPS) is 17.0. The minimum atomic E-state index is -0.248. The number of benzene rings is 1. The summed E-state index contributed by atoms with van der Waals surface area (Å²) in [5.74, 6) is 0.287. The Morgan fingerprint density at radius 3 is 2.33 bits per heavy atom. The van der Waals surface area contributed by atoms with E-state index in [1.807, 2.05) is 0 Å². The summed E-state index contributed by atoms with van der Waals surface area (Å²) in [5, 5.41) is 6.95. The average Bonchev–Trinajstić information content (AvgIpc) is 2.70. The number of carbonyl (C=O) groups excluding carboxylic acids is 2. The molecule has 0 aromatic heterocycles. The fourth-order valence-electron chi connectivity index (χ4n) is 3.87. The molecule has 0 saturated heterocycles. The maximum atomic E-state index is 12.4. The number of anilines is 1. The van der Waals surface area contributed by atoms with Crippen LogP contribution >= 0.6 is 0 Å². The molecule has 1 fully saturated rings. The van der Waals surface area contributed by atoms with E-state index in [1.54, 1.807) is 6.07 Å². The maximum absolute atomic E-state index is 12.4. The molecule has 1 saturated carbocycles. The van der Waals surface area contributed by atoms with Crippen LogP contribution in [0.5, 0.6) is 11.5 Å². The lowest BCUT2D eigenvalue weighted by Gasteiger charge is -2.23. The Balaban J connectivity index is 1.67. The Hall–Kier alpha value is -2.34. The molecule has 2 N–H and O–H groups in total. The predicted octanol–water partition coefficient (Wildman–Crippen LogP) is 3.36. The molecule has 0 heterocycles. The van der Waals surface area contributed by atoms with Gasteiger partial charge >= 0.3 is 0 Å². The molecule has 3 rings (SSSR count). The second-order valence-electron chi connectivity index (χ2n) is 7.04. The van der Waals surface area contributed by atoms with Gasteiger partial charge in [0.15, 0.2) is 17.3 Å². The van der Waals surface area contributed by atoms with Gasteiger partial charge in [0.25, 0.3) is 0 Å². The number of methoxy groups -OCH3 is 2. The number of carbonyl (C=O) groups is 2. The van der Waals surface area contributed by atoms with Crippen LogP contribution in [0.3, 0.4) is 0 Å². The molecule has 146 valence electrons. The largest absolute Gasteiger partial charge is 0.496 e. The SMILES string of the molecule is COc1cc(NCCCNC2CCCCC2)c(OC)c2c1C(=O)C=CC2=O. The third kappa shape index (κ3) is 4.33. The zero-order valence-corrected chi connectivity index (χ0v) is 16.1. The van der Waals surface area contributed by atoms with Crippen molar-refractivity contribution in [2.75, 3.05) is 32.6 Å². The Morgan fingerprint density at radius 2 is 1.67 bits per heavy atom. The quantitative estimate of drug-likeness (QED) is 0.682. The molecule has 0 spiro atoms. The second kappa shape index (κ2) is 9.04. The molecule has 1 aromatic carbocycles. The number of rotatable bonds is 8. The number of hydrogen-bond donors (Lipinski definition) is 2. The smallest absolute Gasteiger partial charge is 0.190 e. The van der Waals surface area contributed by atoms with Crippen molar-refractivity contribution in [2.45, 2.75) is 44.6 Å². The summed E-state index contributed by atoms with van der Waals surface area (Å²) in [6, 6.07) is 2.38. The monoisotopic (exact) mass is 372 g/mol. The molecule has 0 amide bonds. The Morgan fingerprint density at radius 1 is 0.963 bits per heavy atom. The van der Waals surface area contributed by atoms with Gasteiger partial charge in [-0.1, -0.05) is 19.3 Å². The van der Waals surface area contributed by atoms with E-state index in [4.69, 9.17) is 9.47 Å². The Labute approximate surface area is 160 Å². The van der Waals surface area contributed by atoms with Crippen LogP contribution in [0.25, 0.3) is 0 Å². The number of ketones is 2. The van der Waals surface area contributed by atoms with Gasteiger partial charge in [-0.15, -0.1) is 0 Å². The van der Waals surface area contributed by atoms with Crippen LogP contribution in [-0.4, -0.2) is 44.9 Å². The van der Waals surface area contributed by atoms with Gasteiger partial charge in [-0.2, -0.15) is 0 Å². The van der Waals surface area contributed by atoms with E-state index in [2.05, 4.69) is 10.6 Å². The van der Waals surface area contributed by atoms with Gasteiger partial charge in [-0.3, -0.25) is 9.59 Å². The second-order valence-corrected chi connectivity index (χ2v) is 7.04. The van der Waals surface area contributed by atoms with Crippen molar-refractivity contribution in [3.8, 4) is 11.5 Å². The van der Waals surface area contributed by atoms with Crippen molar-refractivity contribution in [3.63, 3.8) is 0 Å². The minimum absolute atomic E-state index is 0.247. The van der Waals surface area contributed by atoms with Crippen LogP contribution in [0.15, 0.2) is 18.2 Å². The van der Waals surface area contributed by atoms with Crippen molar-refractivity contribution in [2.24, 2.45) is 0 Å². The Bertz CT molecular complexity index is 736. The fourth-order valence-corrected chi connectivity index (χ4v) is 3.87. The lowest BCUT2D eigenvalue weighted by Crippen LogP contribution is -2.32. The summed E-state index contributed by atoms with van der Waals surface area (Å²) in [5.41, 5.74) is 1.21. The van der Waals surface area contributed by atoms with E-state index in [0.29, 0.717) is 23.2 Å². The zero-order valence-electron chi connectivity index (χ0n) is 16.1. The lowest BCUT2D eigenvalue weighted by atomic mass is 9.92. The zero-order chi connectivity index (χ0) is 19.2. The van der Waals surface area contributed by atoms with Crippen molar-refractivity contribution < 1.29 is 19.1 Å². The highest BCUT2D eigenvalue weighted by molar-refractivity contribution is 6.25. The van der Waals surface area contributed by atoms with Gasteiger partial charge < -0.3 is 20.1 Å². The summed E-state index contributed by atoms with van der Waals surface area (Å²) in [4.78, 5) is 24.6. The van der Waals surface area contributed by atoms with Gasteiger partial charge in [0, 0.05) is 18.7 Å². The highest BCUT2D eigenvalue weighted by Gasteiger charge is 2.29. The van der Waals surface area contributed by atoms with Gasteiger partial charge in [-0.05, 0) is 38.0 Å². The summed E-state index contributed by atoms with van der Waals surface area (Å²) in [7, 11) is 3.00. The molecule has 0 radical (unpaired) electrons. The van der Waals surface area contributed by atoms with Crippen molar-refractivity contribution in [3.05, 3.63) is 29.3 Å². The van der Waals surface area contributed by atoms with Gasteiger partial charge in [0.05, 0.1) is 31.0 Å². The first kappa shape index (κ1) is 19.4. The van der Waals surface area contributed by atoms with E-state index in [9.17, 15) is 9.59 Å². The number of hydrogen-bond acceptors (Lipinski definition) is 6. The van der Waals surface area contributed by atoms with Crippen LogP contribution in [0, 0.1) is 0 Å². The molecular weight excluding hydrogens is 344 g/mol. The van der Waals surface area contributed by atoms with Crippen LogP contribution < -0.4 is 20.1 Å². The van der Waals surface area contributed by atoms with Gasteiger partial charge in [-0.25, -0.2) is 0 Å². The van der Waals surface area contributed by atoms with E-state index < -0.39 is 0 Å². The molecule has 27 heavy (non-hydrogen) atoms.